The molecule has 0 aliphatic heterocycles. The summed E-state index contributed by atoms with van der Waals surface area (Å²) in [7, 11) is 0. The number of hydrogen-bond acceptors (Lipinski definition) is 3. The lowest BCUT2D eigenvalue weighted by molar-refractivity contribution is -0.136. The first-order valence-electron chi connectivity index (χ1n) is 5.77. The zero-order valence-electron chi connectivity index (χ0n) is 10.8. The Morgan fingerprint density at radius 1 is 1.26 bits per heavy atom. The molecule has 2 N–H and O–H groups in total. The van der Waals surface area contributed by atoms with E-state index in [1.807, 2.05) is 0 Å². The van der Waals surface area contributed by atoms with Crippen LogP contribution in [-0.4, -0.2) is 35.5 Å². The fraction of sp³-hybridized carbons (Fsp3) is 0.308. The Balaban J connectivity index is 2.94. The lowest BCUT2D eigenvalue weighted by Crippen LogP contribution is -2.48. The molecular formula is C13H16N2O4. The maximum absolute atomic E-state index is 12.2. The van der Waals surface area contributed by atoms with Crippen LogP contribution in [0.5, 0.6) is 0 Å². The van der Waals surface area contributed by atoms with Gasteiger partial charge in [-0.2, -0.15) is 0 Å². The average Bonchev–Trinajstić information content (AvgIpc) is 2.35. The first-order valence-corrected chi connectivity index (χ1v) is 5.77. The number of benzene rings is 1. The minimum Gasteiger partial charge on any atom is -0.480 e. The predicted molar refractivity (Wildman–Crippen MR) is 69.7 cm³/mol. The Hall–Kier alpha value is -2.37. The zero-order valence-corrected chi connectivity index (χ0v) is 10.8. The summed E-state index contributed by atoms with van der Waals surface area (Å²) in [6, 6.07) is 7.69. The first kappa shape index (κ1) is 14.7. The highest BCUT2D eigenvalue weighted by molar-refractivity contribution is 6.01. The van der Waals surface area contributed by atoms with E-state index in [1.54, 1.807) is 30.3 Å². The first-order chi connectivity index (χ1) is 8.91. The smallest absolute Gasteiger partial charge is 0.323 e. The maximum Gasteiger partial charge on any atom is 0.323 e. The van der Waals surface area contributed by atoms with Crippen molar-refractivity contribution >= 4 is 23.5 Å². The number of anilines is 1. The van der Waals surface area contributed by atoms with Crippen molar-refractivity contribution in [3.8, 4) is 0 Å². The van der Waals surface area contributed by atoms with E-state index in [4.69, 9.17) is 5.11 Å². The highest BCUT2D eigenvalue weighted by Crippen LogP contribution is 2.14. The van der Waals surface area contributed by atoms with Crippen LogP contribution in [0.1, 0.15) is 13.8 Å². The molecule has 0 fully saturated rings. The second kappa shape index (κ2) is 6.53. The normalized spacial score (nSPS) is 11.5. The molecule has 6 nitrogen and oxygen atoms in total. The van der Waals surface area contributed by atoms with Crippen molar-refractivity contribution in [1.82, 2.24) is 5.32 Å². The summed E-state index contributed by atoms with van der Waals surface area (Å²) in [5, 5.41) is 11.3. The Kier molecular flexibility index (Phi) is 5.05. The number of amides is 2. The van der Waals surface area contributed by atoms with Crippen molar-refractivity contribution < 1.29 is 19.5 Å². The summed E-state index contributed by atoms with van der Waals surface area (Å²) in [4.78, 5) is 35.1. The number of carboxylic acid groups (broad SMARTS) is 1. The van der Waals surface area contributed by atoms with Crippen molar-refractivity contribution in [2.24, 2.45) is 0 Å². The second-order valence-electron chi connectivity index (χ2n) is 4.08. The van der Waals surface area contributed by atoms with Crippen molar-refractivity contribution in [3.05, 3.63) is 30.3 Å². The number of hydrogen-bond donors (Lipinski definition) is 2. The van der Waals surface area contributed by atoms with Crippen molar-refractivity contribution in [1.29, 1.82) is 0 Å². The van der Waals surface area contributed by atoms with E-state index in [0.717, 1.165) is 4.90 Å². The molecule has 0 radical (unpaired) electrons. The van der Waals surface area contributed by atoms with Gasteiger partial charge in [-0.05, 0) is 19.1 Å². The number of carboxylic acids is 1. The van der Waals surface area contributed by atoms with Crippen LogP contribution in [0.3, 0.4) is 0 Å². The van der Waals surface area contributed by atoms with Gasteiger partial charge in [0.15, 0.2) is 0 Å². The van der Waals surface area contributed by atoms with E-state index in [-0.39, 0.29) is 5.91 Å². The molecule has 19 heavy (non-hydrogen) atoms. The minimum atomic E-state index is -1.12. The third-order valence-electron chi connectivity index (χ3n) is 2.42. The maximum atomic E-state index is 12.2. The van der Waals surface area contributed by atoms with Gasteiger partial charge in [-0.25, -0.2) is 0 Å². The fourth-order valence-corrected chi connectivity index (χ4v) is 1.64. The number of nitrogens with one attached hydrogen (secondary N) is 1. The van der Waals surface area contributed by atoms with Crippen molar-refractivity contribution in [3.63, 3.8) is 0 Å². The van der Waals surface area contributed by atoms with Gasteiger partial charge < -0.3 is 10.4 Å². The standard InChI is InChI=1S/C13H16N2O4/c1-9(14-10(2)16)13(19)15(8-12(17)18)11-6-4-3-5-7-11/h3-7,9H,8H2,1-2H3,(H,14,16)(H,17,18). The number of carbonyl (C=O) groups is 3. The van der Waals surface area contributed by atoms with Gasteiger partial charge in [0.25, 0.3) is 0 Å². The van der Waals surface area contributed by atoms with E-state index in [0.29, 0.717) is 5.69 Å². The largest absolute Gasteiger partial charge is 0.480 e. The van der Waals surface area contributed by atoms with Crippen LogP contribution in [0.4, 0.5) is 5.69 Å². The van der Waals surface area contributed by atoms with Crippen molar-refractivity contribution in [2.45, 2.75) is 19.9 Å². The molecule has 1 unspecified atom stereocenters. The molecule has 0 saturated heterocycles. The van der Waals surface area contributed by atoms with Crippen LogP contribution in [0.15, 0.2) is 30.3 Å². The third kappa shape index (κ3) is 4.42. The molecule has 0 aliphatic rings. The molecule has 0 aliphatic carbocycles. The van der Waals surface area contributed by atoms with E-state index in [9.17, 15) is 14.4 Å². The van der Waals surface area contributed by atoms with Crippen LogP contribution in [0.2, 0.25) is 0 Å². The molecule has 102 valence electrons. The van der Waals surface area contributed by atoms with Gasteiger partial charge in [0.1, 0.15) is 12.6 Å². The van der Waals surface area contributed by atoms with Crippen LogP contribution in [0, 0.1) is 0 Å². The lowest BCUT2D eigenvalue weighted by atomic mass is 10.2. The lowest BCUT2D eigenvalue weighted by Gasteiger charge is -2.24. The quantitative estimate of drug-likeness (QED) is 0.816. The molecule has 0 spiro atoms. The molecule has 1 atom stereocenters. The van der Waals surface area contributed by atoms with Gasteiger partial charge in [0.2, 0.25) is 11.8 Å². The Morgan fingerprint density at radius 3 is 2.32 bits per heavy atom. The SMILES string of the molecule is CC(=O)NC(C)C(=O)N(CC(=O)O)c1ccccc1. The number of aliphatic carboxylic acids is 1. The summed E-state index contributed by atoms with van der Waals surface area (Å²) in [5.74, 6) is -1.93. The Bertz CT molecular complexity index is 473. The molecule has 0 saturated carbocycles. The summed E-state index contributed by atoms with van der Waals surface area (Å²) < 4.78 is 0. The molecular weight excluding hydrogens is 248 g/mol. The predicted octanol–water partition coefficient (Wildman–Crippen LogP) is 0.629. The number of carbonyl (C=O) groups excluding carboxylic acids is 2. The second-order valence-corrected chi connectivity index (χ2v) is 4.08. The highest BCUT2D eigenvalue weighted by atomic mass is 16.4. The fourth-order valence-electron chi connectivity index (χ4n) is 1.64. The summed E-state index contributed by atoms with van der Waals surface area (Å²) in [6.07, 6.45) is 0. The topological polar surface area (TPSA) is 86.7 Å². The molecule has 0 aromatic heterocycles. The van der Waals surface area contributed by atoms with Crippen molar-refractivity contribution in [2.75, 3.05) is 11.4 Å². The van der Waals surface area contributed by atoms with Gasteiger partial charge in [-0.15, -0.1) is 0 Å². The molecule has 1 aromatic rings. The van der Waals surface area contributed by atoms with Gasteiger partial charge in [0, 0.05) is 12.6 Å². The zero-order chi connectivity index (χ0) is 14.4. The molecule has 2 amide bonds. The average molecular weight is 264 g/mol. The summed E-state index contributed by atoms with van der Waals surface area (Å²) in [6.45, 7) is 2.36. The van der Waals surface area contributed by atoms with Gasteiger partial charge in [0.05, 0.1) is 0 Å². The molecule has 0 bridgehead atoms. The molecule has 1 rings (SSSR count). The van der Waals surface area contributed by atoms with Crippen LogP contribution < -0.4 is 10.2 Å². The summed E-state index contributed by atoms with van der Waals surface area (Å²) >= 11 is 0. The van der Waals surface area contributed by atoms with Crippen LogP contribution in [0.25, 0.3) is 0 Å². The molecule has 0 heterocycles. The van der Waals surface area contributed by atoms with Gasteiger partial charge >= 0.3 is 5.97 Å². The molecule has 1 aromatic carbocycles. The van der Waals surface area contributed by atoms with Crippen LogP contribution in [-0.2, 0) is 14.4 Å². The molecule has 6 heteroatoms. The highest BCUT2D eigenvalue weighted by Gasteiger charge is 2.24. The Labute approximate surface area is 111 Å². The Morgan fingerprint density at radius 2 is 1.84 bits per heavy atom. The monoisotopic (exact) mass is 264 g/mol. The number of para-hydroxylation sites is 1. The number of nitrogens with zero attached hydrogens (tertiary/aromatic N) is 1. The number of rotatable bonds is 5. The minimum absolute atomic E-state index is 0.343. The van der Waals surface area contributed by atoms with E-state index in [2.05, 4.69) is 5.32 Å². The van der Waals surface area contributed by atoms with Gasteiger partial charge in [-0.1, -0.05) is 18.2 Å². The van der Waals surface area contributed by atoms with E-state index >= 15 is 0 Å². The van der Waals surface area contributed by atoms with E-state index in [1.165, 1.54) is 13.8 Å². The van der Waals surface area contributed by atoms with E-state index < -0.39 is 24.5 Å². The van der Waals surface area contributed by atoms with Crippen LogP contribution >= 0.6 is 0 Å². The third-order valence-corrected chi connectivity index (χ3v) is 2.42. The van der Waals surface area contributed by atoms with Gasteiger partial charge in [-0.3, -0.25) is 19.3 Å². The summed E-state index contributed by atoms with van der Waals surface area (Å²) in [5.41, 5.74) is 0.479.